The van der Waals surface area contributed by atoms with E-state index in [4.69, 9.17) is 9.47 Å². The topological polar surface area (TPSA) is 93.7 Å². The van der Waals surface area contributed by atoms with Gasteiger partial charge in [0, 0.05) is 37.6 Å². The number of nitrogens with zero attached hydrogens (tertiary/aromatic N) is 3. The summed E-state index contributed by atoms with van der Waals surface area (Å²) in [5.74, 6) is 0.795. The van der Waals surface area contributed by atoms with Crippen LogP contribution in [0.2, 0.25) is 0 Å². The zero-order chi connectivity index (χ0) is 24.3. The molecule has 182 valence electrons. The Kier molecular flexibility index (Phi) is 8.64. The largest absolute Gasteiger partial charge is 0.490 e. The van der Waals surface area contributed by atoms with Gasteiger partial charge in [0.25, 0.3) is 5.91 Å². The molecule has 35 heavy (non-hydrogen) atoms. The summed E-state index contributed by atoms with van der Waals surface area (Å²) in [7, 11) is 0. The minimum Gasteiger partial charge on any atom is -0.490 e. The number of hydrogen-bond acceptors (Lipinski definition) is 6. The lowest BCUT2D eigenvalue weighted by atomic mass is 10.1. The number of carbonyl (C=O) groups excluding carboxylic acids is 2. The lowest BCUT2D eigenvalue weighted by molar-refractivity contribution is -0.121. The van der Waals surface area contributed by atoms with Crippen molar-refractivity contribution < 1.29 is 19.1 Å². The van der Waals surface area contributed by atoms with Gasteiger partial charge in [0.15, 0.2) is 11.5 Å². The molecule has 1 aliphatic heterocycles. The third-order valence-electron chi connectivity index (χ3n) is 5.69. The summed E-state index contributed by atoms with van der Waals surface area (Å²) in [5.41, 5.74) is 1.21. The minimum atomic E-state index is -0.288. The number of hydrogen-bond donors (Lipinski definition) is 1. The van der Waals surface area contributed by atoms with Gasteiger partial charge >= 0.3 is 0 Å². The molecular formula is C27H30N4O4. The number of nitrogens with one attached hydrogen (secondary N) is 1. The SMILES string of the molecule is O=C(CN1CCCCCCOc2ccccc2Oc2ncccc2C1=O)NCCc1ccccn1. The zero-order valence-electron chi connectivity index (χ0n) is 19.7. The van der Waals surface area contributed by atoms with Crippen LogP contribution in [0.15, 0.2) is 67.0 Å². The first-order valence-electron chi connectivity index (χ1n) is 12.0. The molecule has 0 saturated carbocycles. The first-order chi connectivity index (χ1) is 17.2. The maximum Gasteiger partial charge on any atom is 0.259 e. The fourth-order valence-electron chi connectivity index (χ4n) is 3.86. The Bertz CT molecular complexity index is 1120. The third-order valence-corrected chi connectivity index (χ3v) is 5.69. The number of carbonyl (C=O) groups is 2. The predicted molar refractivity (Wildman–Crippen MR) is 132 cm³/mol. The van der Waals surface area contributed by atoms with Crippen LogP contribution in [0.25, 0.3) is 0 Å². The summed E-state index contributed by atoms with van der Waals surface area (Å²) < 4.78 is 11.9. The summed E-state index contributed by atoms with van der Waals surface area (Å²) in [6.07, 6.45) is 7.53. The summed E-state index contributed by atoms with van der Waals surface area (Å²) in [4.78, 5) is 36.4. The number of para-hydroxylation sites is 2. The summed E-state index contributed by atoms with van der Waals surface area (Å²) in [5, 5.41) is 2.90. The van der Waals surface area contributed by atoms with Crippen LogP contribution in [0, 0.1) is 0 Å². The van der Waals surface area contributed by atoms with Gasteiger partial charge in [0.2, 0.25) is 11.8 Å². The maximum atomic E-state index is 13.5. The van der Waals surface area contributed by atoms with Gasteiger partial charge in [-0.25, -0.2) is 4.98 Å². The van der Waals surface area contributed by atoms with Gasteiger partial charge in [-0.2, -0.15) is 0 Å². The number of pyridine rings is 2. The number of amides is 2. The highest BCUT2D eigenvalue weighted by molar-refractivity contribution is 5.98. The van der Waals surface area contributed by atoms with E-state index < -0.39 is 0 Å². The second-order valence-electron chi connectivity index (χ2n) is 8.32. The molecule has 0 bridgehead atoms. The lowest BCUT2D eigenvalue weighted by Crippen LogP contribution is -2.42. The summed E-state index contributed by atoms with van der Waals surface area (Å²) in [6.45, 7) is 1.47. The number of benzene rings is 1. The molecule has 0 aliphatic carbocycles. The molecule has 1 aromatic carbocycles. The molecule has 3 heterocycles. The predicted octanol–water partition coefficient (Wildman–Crippen LogP) is 4.02. The fraction of sp³-hybridized carbons (Fsp3) is 0.333. The number of ether oxygens (including phenoxy) is 2. The number of rotatable bonds is 5. The van der Waals surface area contributed by atoms with E-state index in [0.717, 1.165) is 31.4 Å². The molecule has 1 aliphatic rings. The molecule has 8 heteroatoms. The van der Waals surface area contributed by atoms with Crippen LogP contribution in [0.3, 0.4) is 0 Å². The van der Waals surface area contributed by atoms with Crippen molar-refractivity contribution in [1.29, 1.82) is 0 Å². The van der Waals surface area contributed by atoms with Gasteiger partial charge in [0.05, 0.1) is 13.2 Å². The average molecular weight is 475 g/mol. The Morgan fingerprint density at radius 1 is 0.914 bits per heavy atom. The molecule has 3 aromatic rings. The highest BCUT2D eigenvalue weighted by Crippen LogP contribution is 2.32. The quantitative estimate of drug-likeness (QED) is 0.600. The van der Waals surface area contributed by atoms with E-state index in [1.54, 1.807) is 35.5 Å². The van der Waals surface area contributed by atoms with Crippen LogP contribution >= 0.6 is 0 Å². The van der Waals surface area contributed by atoms with Crippen LogP contribution in [-0.4, -0.2) is 52.9 Å². The Hall–Kier alpha value is -3.94. The minimum absolute atomic E-state index is 0.0327. The molecule has 2 aromatic heterocycles. The molecule has 0 atom stereocenters. The zero-order valence-corrected chi connectivity index (χ0v) is 19.7. The van der Waals surface area contributed by atoms with Gasteiger partial charge in [-0.3, -0.25) is 14.6 Å². The second-order valence-corrected chi connectivity index (χ2v) is 8.32. The first-order valence-corrected chi connectivity index (χ1v) is 12.0. The van der Waals surface area contributed by atoms with Gasteiger partial charge in [-0.15, -0.1) is 0 Å². The third kappa shape index (κ3) is 7.02. The Morgan fingerprint density at radius 2 is 1.71 bits per heavy atom. The molecule has 1 N–H and O–H groups in total. The Morgan fingerprint density at radius 3 is 2.57 bits per heavy atom. The van der Waals surface area contributed by atoms with Crippen molar-refractivity contribution in [3.8, 4) is 17.4 Å². The van der Waals surface area contributed by atoms with Crippen molar-refractivity contribution in [3.05, 3.63) is 78.2 Å². The van der Waals surface area contributed by atoms with E-state index >= 15 is 0 Å². The monoisotopic (exact) mass is 474 g/mol. The molecule has 0 unspecified atom stereocenters. The smallest absolute Gasteiger partial charge is 0.259 e. The average Bonchev–Trinajstić information content (AvgIpc) is 2.88. The van der Waals surface area contributed by atoms with Crippen LogP contribution < -0.4 is 14.8 Å². The Balaban J connectivity index is 1.49. The summed E-state index contributed by atoms with van der Waals surface area (Å²) in [6, 6.07) is 16.4. The van der Waals surface area contributed by atoms with E-state index in [2.05, 4.69) is 15.3 Å². The number of aromatic nitrogens is 2. The molecule has 2 amide bonds. The standard InChI is InChI=1S/C27H30N4O4/c32-25(29-17-14-21-10-5-6-15-28-21)20-31-18-7-1-2-8-19-34-23-12-3-4-13-24(23)35-26-22(27(31)33)11-9-16-30-26/h3-6,9-13,15-16H,1-2,7-8,14,17-20H2,(H,29,32). The van der Waals surface area contributed by atoms with E-state index in [0.29, 0.717) is 43.2 Å². The molecular weight excluding hydrogens is 444 g/mol. The molecule has 8 nitrogen and oxygen atoms in total. The molecule has 0 saturated heterocycles. The van der Waals surface area contributed by atoms with Crippen molar-refractivity contribution >= 4 is 11.8 Å². The van der Waals surface area contributed by atoms with Gasteiger partial charge in [0.1, 0.15) is 5.56 Å². The van der Waals surface area contributed by atoms with Crippen molar-refractivity contribution in [2.75, 3.05) is 26.2 Å². The summed E-state index contributed by atoms with van der Waals surface area (Å²) >= 11 is 0. The van der Waals surface area contributed by atoms with Gasteiger partial charge in [-0.1, -0.05) is 31.0 Å². The first kappa shape index (κ1) is 24.2. The van der Waals surface area contributed by atoms with Crippen LogP contribution in [0.5, 0.6) is 17.4 Å². The van der Waals surface area contributed by atoms with E-state index in [1.165, 1.54) is 0 Å². The highest BCUT2D eigenvalue weighted by atomic mass is 16.5. The van der Waals surface area contributed by atoms with Crippen molar-refractivity contribution in [1.82, 2.24) is 20.2 Å². The van der Waals surface area contributed by atoms with Crippen molar-refractivity contribution in [2.45, 2.75) is 32.1 Å². The highest BCUT2D eigenvalue weighted by Gasteiger charge is 2.23. The van der Waals surface area contributed by atoms with E-state index in [-0.39, 0.29) is 24.2 Å². The van der Waals surface area contributed by atoms with Gasteiger partial charge in [-0.05, 0) is 49.2 Å². The van der Waals surface area contributed by atoms with Crippen molar-refractivity contribution in [2.24, 2.45) is 0 Å². The van der Waals surface area contributed by atoms with Crippen molar-refractivity contribution in [3.63, 3.8) is 0 Å². The molecule has 0 spiro atoms. The fourth-order valence-corrected chi connectivity index (χ4v) is 3.86. The molecule has 0 radical (unpaired) electrons. The van der Waals surface area contributed by atoms with E-state index in [9.17, 15) is 9.59 Å². The maximum absolute atomic E-state index is 13.5. The Labute approximate surface area is 205 Å². The number of fused-ring (bicyclic) bond motifs is 2. The van der Waals surface area contributed by atoms with Crippen LogP contribution in [-0.2, 0) is 11.2 Å². The normalized spacial score (nSPS) is 14.5. The molecule has 4 rings (SSSR count). The molecule has 0 fully saturated rings. The lowest BCUT2D eigenvalue weighted by Gasteiger charge is -2.23. The van der Waals surface area contributed by atoms with Crippen LogP contribution in [0.1, 0.15) is 41.7 Å². The second kappa shape index (κ2) is 12.5. The van der Waals surface area contributed by atoms with Crippen LogP contribution in [0.4, 0.5) is 0 Å². The van der Waals surface area contributed by atoms with E-state index in [1.807, 2.05) is 36.4 Å². The van der Waals surface area contributed by atoms with Gasteiger partial charge < -0.3 is 19.7 Å².